The molecule has 8 heteroatoms. The molecule has 2 N–H and O–H groups in total. The van der Waals surface area contributed by atoms with E-state index < -0.39 is 15.2 Å². The van der Waals surface area contributed by atoms with Crippen molar-refractivity contribution in [1.82, 2.24) is 4.90 Å². The van der Waals surface area contributed by atoms with Crippen LogP contribution in [0.5, 0.6) is 0 Å². The summed E-state index contributed by atoms with van der Waals surface area (Å²) in [6.07, 6.45) is 1.29. The number of hydrogen-bond acceptors (Lipinski definition) is 5. The molecule has 4 nitrogen and oxygen atoms in total. The van der Waals surface area contributed by atoms with Crippen molar-refractivity contribution in [3.05, 3.63) is 34.3 Å². The van der Waals surface area contributed by atoms with Crippen LogP contribution in [0.1, 0.15) is 11.1 Å². The summed E-state index contributed by atoms with van der Waals surface area (Å²) in [5, 5.41) is 0.105. The van der Waals surface area contributed by atoms with E-state index in [1.54, 1.807) is 17.8 Å². The smallest absolute Gasteiger partial charge is 0.164 e. The minimum Gasteiger partial charge on any atom is -0.389 e. The zero-order chi connectivity index (χ0) is 15.6. The lowest BCUT2D eigenvalue weighted by molar-refractivity contribution is 0.262. The zero-order valence-electron chi connectivity index (χ0n) is 11.6. The van der Waals surface area contributed by atoms with Crippen molar-refractivity contribution in [2.75, 3.05) is 24.3 Å². The van der Waals surface area contributed by atoms with E-state index in [0.29, 0.717) is 27.9 Å². The Balaban J connectivity index is 2.22. The Morgan fingerprint density at radius 3 is 2.86 bits per heavy atom. The largest absolute Gasteiger partial charge is 0.389 e. The third kappa shape index (κ3) is 4.32. The van der Waals surface area contributed by atoms with E-state index in [-0.39, 0.29) is 0 Å². The number of sulfone groups is 1. The molecule has 0 spiro atoms. The third-order valence-corrected chi connectivity index (χ3v) is 6.67. The van der Waals surface area contributed by atoms with Crippen LogP contribution in [0.15, 0.2) is 18.2 Å². The van der Waals surface area contributed by atoms with Gasteiger partial charge in [0.2, 0.25) is 0 Å². The van der Waals surface area contributed by atoms with Crippen LogP contribution in [0, 0.1) is 0 Å². The summed E-state index contributed by atoms with van der Waals surface area (Å²) in [7, 11) is -3.11. The molecule has 21 heavy (non-hydrogen) atoms. The van der Waals surface area contributed by atoms with Gasteiger partial charge in [0.1, 0.15) is 10.4 Å². The Morgan fingerprint density at radius 1 is 1.57 bits per heavy atom. The third-order valence-electron chi connectivity index (χ3n) is 3.40. The number of rotatable bonds is 4. The van der Waals surface area contributed by atoms with Crippen molar-refractivity contribution >= 4 is 50.4 Å². The van der Waals surface area contributed by atoms with E-state index in [9.17, 15) is 8.42 Å². The highest BCUT2D eigenvalue weighted by atomic mass is 35.5. The molecule has 116 valence electrons. The Bertz CT molecular complexity index is 649. The van der Waals surface area contributed by atoms with Crippen LogP contribution in [0.4, 0.5) is 0 Å². The molecular formula is C13H17ClN2O2S3. The van der Waals surface area contributed by atoms with Gasteiger partial charge in [0.15, 0.2) is 9.84 Å². The summed E-state index contributed by atoms with van der Waals surface area (Å²) in [5.74, 6) is 1.52. The van der Waals surface area contributed by atoms with Gasteiger partial charge in [-0.2, -0.15) is 11.8 Å². The van der Waals surface area contributed by atoms with Crippen LogP contribution in [0.3, 0.4) is 0 Å². The van der Waals surface area contributed by atoms with Crippen molar-refractivity contribution in [1.29, 1.82) is 0 Å². The molecule has 1 unspecified atom stereocenters. The van der Waals surface area contributed by atoms with Gasteiger partial charge >= 0.3 is 0 Å². The zero-order valence-corrected chi connectivity index (χ0v) is 14.8. The number of hydrogen-bond donors (Lipinski definition) is 1. The summed E-state index contributed by atoms with van der Waals surface area (Å²) in [6, 6.07) is 5.41. The van der Waals surface area contributed by atoms with Crippen LogP contribution < -0.4 is 5.73 Å². The first-order chi connectivity index (χ1) is 9.79. The standard InChI is InChI=1S/C13H17ClN2O2S3/c1-21(17,18)12-8-20-5-4-16(12)7-10-3-2-9(13(15)19)6-11(10)14/h2-3,6,12H,4-5,7-8H2,1H3,(H2,15,19). The van der Waals surface area contributed by atoms with E-state index in [1.807, 2.05) is 17.0 Å². The van der Waals surface area contributed by atoms with Gasteiger partial charge in [-0.05, 0) is 11.6 Å². The van der Waals surface area contributed by atoms with Gasteiger partial charge in [-0.25, -0.2) is 8.42 Å². The normalized spacial score (nSPS) is 20.4. The minimum absolute atomic E-state index is 0.298. The summed E-state index contributed by atoms with van der Waals surface area (Å²) in [6.45, 7) is 1.24. The lowest BCUT2D eigenvalue weighted by Crippen LogP contribution is -2.46. The Labute approximate surface area is 139 Å². The summed E-state index contributed by atoms with van der Waals surface area (Å²) >= 11 is 12.8. The molecule has 1 heterocycles. The van der Waals surface area contributed by atoms with E-state index in [2.05, 4.69) is 0 Å². The van der Waals surface area contributed by atoms with Crippen LogP contribution in [0.2, 0.25) is 5.02 Å². The van der Waals surface area contributed by atoms with Crippen molar-refractivity contribution < 1.29 is 8.42 Å². The van der Waals surface area contributed by atoms with E-state index >= 15 is 0 Å². The van der Waals surface area contributed by atoms with Crippen LogP contribution >= 0.6 is 35.6 Å². The maximum atomic E-state index is 11.9. The molecule has 1 aliphatic rings. The fourth-order valence-corrected chi connectivity index (χ4v) is 5.55. The average molecular weight is 365 g/mol. The molecule has 2 rings (SSSR count). The molecular weight excluding hydrogens is 348 g/mol. The maximum Gasteiger partial charge on any atom is 0.164 e. The Hall–Kier alpha value is -0.340. The van der Waals surface area contributed by atoms with E-state index in [1.165, 1.54) is 6.26 Å². The van der Waals surface area contributed by atoms with Gasteiger partial charge in [-0.3, -0.25) is 4.90 Å². The lowest BCUT2D eigenvalue weighted by atomic mass is 10.1. The Kier molecular flexibility index (Phi) is 5.54. The summed E-state index contributed by atoms with van der Waals surface area (Å²) < 4.78 is 23.8. The number of thiocarbonyl (C=S) groups is 1. The Morgan fingerprint density at radius 2 is 2.29 bits per heavy atom. The van der Waals surface area contributed by atoms with Crippen LogP contribution in [0.25, 0.3) is 0 Å². The number of nitrogens with zero attached hydrogens (tertiary/aromatic N) is 1. The maximum absolute atomic E-state index is 11.9. The molecule has 0 amide bonds. The van der Waals surface area contributed by atoms with Gasteiger partial charge in [0.05, 0.1) is 0 Å². The lowest BCUT2D eigenvalue weighted by Gasteiger charge is -2.34. The summed E-state index contributed by atoms with van der Waals surface area (Å²) in [5.41, 5.74) is 7.18. The van der Waals surface area contributed by atoms with Gasteiger partial charge in [-0.1, -0.05) is 36.0 Å². The van der Waals surface area contributed by atoms with Crippen molar-refractivity contribution in [2.24, 2.45) is 5.73 Å². The molecule has 1 aliphatic heterocycles. The second-order valence-corrected chi connectivity index (χ2v) is 9.20. The molecule has 0 saturated carbocycles. The van der Waals surface area contributed by atoms with Gasteiger partial charge < -0.3 is 5.73 Å². The van der Waals surface area contributed by atoms with Gasteiger partial charge in [0, 0.05) is 41.4 Å². The number of nitrogens with two attached hydrogens (primary N) is 1. The summed E-state index contributed by atoms with van der Waals surface area (Å²) in [4.78, 5) is 2.26. The van der Waals surface area contributed by atoms with Gasteiger partial charge in [0.25, 0.3) is 0 Å². The second-order valence-electron chi connectivity index (χ2n) is 5.00. The highest BCUT2D eigenvalue weighted by molar-refractivity contribution is 8.00. The molecule has 0 aromatic heterocycles. The fraction of sp³-hybridized carbons (Fsp3) is 0.462. The van der Waals surface area contributed by atoms with Crippen molar-refractivity contribution in [2.45, 2.75) is 11.9 Å². The molecule has 1 aromatic rings. The quantitative estimate of drug-likeness (QED) is 0.823. The predicted octanol–water partition coefficient (Wildman–Crippen LogP) is 1.89. The first kappa shape index (κ1) is 17.0. The molecule has 1 saturated heterocycles. The highest BCUT2D eigenvalue weighted by Gasteiger charge is 2.31. The van der Waals surface area contributed by atoms with Gasteiger partial charge in [-0.15, -0.1) is 0 Å². The second kappa shape index (κ2) is 6.83. The highest BCUT2D eigenvalue weighted by Crippen LogP contribution is 2.25. The fourth-order valence-electron chi connectivity index (χ4n) is 2.24. The monoisotopic (exact) mass is 364 g/mol. The van der Waals surface area contributed by atoms with E-state index in [0.717, 1.165) is 17.9 Å². The molecule has 1 atom stereocenters. The first-order valence-electron chi connectivity index (χ1n) is 6.38. The molecule has 0 radical (unpaired) electrons. The molecule has 0 aliphatic carbocycles. The number of thioether (sulfide) groups is 1. The van der Waals surface area contributed by atoms with Crippen molar-refractivity contribution in [3.8, 4) is 0 Å². The molecule has 0 bridgehead atoms. The predicted molar refractivity (Wildman–Crippen MR) is 93.7 cm³/mol. The molecule has 1 fully saturated rings. The SMILES string of the molecule is CS(=O)(=O)C1CSCCN1Cc1ccc(C(N)=S)cc1Cl. The average Bonchev–Trinajstić information content (AvgIpc) is 2.40. The number of benzene rings is 1. The number of halogens is 1. The first-order valence-corrected chi connectivity index (χ1v) is 10.3. The van der Waals surface area contributed by atoms with Crippen LogP contribution in [-0.4, -0.2) is 48.0 Å². The minimum atomic E-state index is -3.11. The topological polar surface area (TPSA) is 63.4 Å². The van der Waals surface area contributed by atoms with Crippen LogP contribution in [-0.2, 0) is 16.4 Å². The molecule has 1 aromatic carbocycles. The van der Waals surface area contributed by atoms with E-state index in [4.69, 9.17) is 29.6 Å². The van der Waals surface area contributed by atoms with Crippen molar-refractivity contribution in [3.63, 3.8) is 0 Å².